The highest BCUT2D eigenvalue weighted by Gasteiger charge is 2.33. The highest BCUT2D eigenvalue weighted by Crippen LogP contribution is 2.22. The normalized spacial score (nSPS) is 13.9. The van der Waals surface area contributed by atoms with E-state index in [2.05, 4.69) is 37.1 Å². The molecule has 0 aliphatic heterocycles. The van der Waals surface area contributed by atoms with Crippen LogP contribution in [0.3, 0.4) is 0 Å². The summed E-state index contributed by atoms with van der Waals surface area (Å²) in [5, 5.41) is 13.2. The van der Waals surface area contributed by atoms with Gasteiger partial charge in [0.2, 0.25) is 0 Å². The Morgan fingerprint density at radius 2 is 1.70 bits per heavy atom. The summed E-state index contributed by atoms with van der Waals surface area (Å²) in [6.45, 7) is 10.0. The molecule has 0 spiro atoms. The van der Waals surface area contributed by atoms with Gasteiger partial charge < -0.3 is 4.90 Å². The van der Waals surface area contributed by atoms with E-state index < -0.39 is 5.54 Å². The first kappa shape index (κ1) is 16.7. The fourth-order valence-electron chi connectivity index (χ4n) is 2.65. The van der Waals surface area contributed by atoms with Crippen molar-refractivity contribution in [1.29, 1.82) is 5.26 Å². The van der Waals surface area contributed by atoms with Crippen molar-refractivity contribution in [3.63, 3.8) is 0 Å². The molecule has 1 aromatic carbocycles. The van der Waals surface area contributed by atoms with E-state index in [-0.39, 0.29) is 0 Å². The molecule has 3 heteroatoms. The number of rotatable bonds is 9. The lowest BCUT2D eigenvalue weighted by molar-refractivity contribution is 0.212. The van der Waals surface area contributed by atoms with Crippen molar-refractivity contribution in [2.24, 2.45) is 0 Å². The van der Waals surface area contributed by atoms with Gasteiger partial charge in [0.1, 0.15) is 5.54 Å². The van der Waals surface area contributed by atoms with Crippen molar-refractivity contribution in [2.45, 2.75) is 39.2 Å². The van der Waals surface area contributed by atoms with Crippen molar-refractivity contribution in [1.82, 2.24) is 10.2 Å². The standard InChI is InChI=1S/C17H27N3/c1-4-12-20(13-5-2)15-17(14-18,19-6-3)16-10-8-7-9-11-16/h7-11,19H,4-6,12-13,15H2,1-3H3. The van der Waals surface area contributed by atoms with Gasteiger partial charge in [0.25, 0.3) is 0 Å². The summed E-state index contributed by atoms with van der Waals surface area (Å²) < 4.78 is 0. The molecule has 1 rings (SSSR count). The fraction of sp³-hybridized carbons (Fsp3) is 0.588. The third kappa shape index (κ3) is 4.33. The Morgan fingerprint density at radius 1 is 1.10 bits per heavy atom. The Labute approximate surface area is 123 Å². The fourth-order valence-corrected chi connectivity index (χ4v) is 2.65. The van der Waals surface area contributed by atoms with Crippen LogP contribution in [0.4, 0.5) is 0 Å². The van der Waals surface area contributed by atoms with Crippen LogP contribution in [-0.2, 0) is 5.54 Å². The minimum absolute atomic E-state index is 0.611. The molecule has 20 heavy (non-hydrogen) atoms. The number of hydrogen-bond donors (Lipinski definition) is 1. The molecular formula is C17H27N3. The molecule has 1 atom stereocenters. The van der Waals surface area contributed by atoms with Gasteiger partial charge in [-0.15, -0.1) is 0 Å². The maximum absolute atomic E-state index is 9.81. The predicted octanol–water partition coefficient (Wildman–Crippen LogP) is 3.14. The number of hydrogen-bond acceptors (Lipinski definition) is 3. The van der Waals surface area contributed by atoms with Crippen molar-refractivity contribution in [3.8, 4) is 6.07 Å². The van der Waals surface area contributed by atoms with E-state index in [0.717, 1.165) is 44.6 Å². The van der Waals surface area contributed by atoms with Gasteiger partial charge in [-0.3, -0.25) is 5.32 Å². The molecule has 0 aliphatic carbocycles. The Bertz CT molecular complexity index is 404. The van der Waals surface area contributed by atoms with Crippen LogP contribution in [0, 0.1) is 11.3 Å². The van der Waals surface area contributed by atoms with Crippen molar-refractivity contribution >= 4 is 0 Å². The Kier molecular flexibility index (Phi) is 7.28. The summed E-state index contributed by atoms with van der Waals surface area (Å²) in [6.07, 6.45) is 2.23. The Hall–Kier alpha value is -1.37. The average molecular weight is 273 g/mol. The van der Waals surface area contributed by atoms with E-state index in [9.17, 15) is 5.26 Å². The first-order chi connectivity index (χ1) is 9.72. The molecule has 0 bridgehead atoms. The van der Waals surface area contributed by atoms with Crippen LogP contribution < -0.4 is 5.32 Å². The lowest BCUT2D eigenvalue weighted by Gasteiger charge is -2.34. The summed E-state index contributed by atoms with van der Waals surface area (Å²) >= 11 is 0. The minimum atomic E-state index is -0.611. The summed E-state index contributed by atoms with van der Waals surface area (Å²) in [4.78, 5) is 2.39. The molecule has 0 saturated heterocycles. The van der Waals surface area contributed by atoms with Crippen LogP contribution in [-0.4, -0.2) is 31.1 Å². The smallest absolute Gasteiger partial charge is 0.145 e. The highest BCUT2D eigenvalue weighted by atomic mass is 15.2. The molecule has 0 radical (unpaired) electrons. The van der Waals surface area contributed by atoms with Crippen LogP contribution in [0.25, 0.3) is 0 Å². The van der Waals surface area contributed by atoms with Gasteiger partial charge in [0.15, 0.2) is 0 Å². The van der Waals surface area contributed by atoms with Crippen LogP contribution in [0.2, 0.25) is 0 Å². The van der Waals surface area contributed by atoms with E-state index in [1.165, 1.54) is 0 Å². The lowest BCUT2D eigenvalue weighted by Crippen LogP contribution is -2.50. The minimum Gasteiger partial charge on any atom is -0.300 e. The van der Waals surface area contributed by atoms with Gasteiger partial charge in [-0.25, -0.2) is 0 Å². The predicted molar refractivity (Wildman–Crippen MR) is 84.4 cm³/mol. The zero-order valence-corrected chi connectivity index (χ0v) is 13.0. The first-order valence-corrected chi connectivity index (χ1v) is 7.66. The molecule has 1 N–H and O–H groups in total. The molecule has 0 heterocycles. The summed E-state index contributed by atoms with van der Waals surface area (Å²) in [5.74, 6) is 0. The zero-order chi connectivity index (χ0) is 14.8. The molecule has 0 amide bonds. The topological polar surface area (TPSA) is 39.1 Å². The van der Waals surface area contributed by atoms with Crippen LogP contribution in [0.5, 0.6) is 0 Å². The average Bonchev–Trinajstić information content (AvgIpc) is 2.48. The number of likely N-dealkylation sites (N-methyl/N-ethyl adjacent to an activating group) is 1. The summed E-state index contributed by atoms with van der Waals surface area (Å²) in [7, 11) is 0. The second-order valence-corrected chi connectivity index (χ2v) is 5.19. The second kappa shape index (κ2) is 8.73. The number of nitriles is 1. The first-order valence-electron chi connectivity index (χ1n) is 7.66. The van der Waals surface area contributed by atoms with Gasteiger partial charge in [-0.2, -0.15) is 5.26 Å². The summed E-state index contributed by atoms with van der Waals surface area (Å²) in [5.41, 5.74) is 0.446. The maximum Gasteiger partial charge on any atom is 0.145 e. The zero-order valence-electron chi connectivity index (χ0n) is 13.0. The van der Waals surface area contributed by atoms with Crippen molar-refractivity contribution in [3.05, 3.63) is 35.9 Å². The van der Waals surface area contributed by atoms with E-state index in [0.29, 0.717) is 0 Å². The van der Waals surface area contributed by atoms with Crippen molar-refractivity contribution in [2.75, 3.05) is 26.2 Å². The third-order valence-corrected chi connectivity index (χ3v) is 3.48. The van der Waals surface area contributed by atoms with Gasteiger partial charge in [-0.05, 0) is 38.0 Å². The largest absolute Gasteiger partial charge is 0.300 e. The SMILES string of the molecule is CCCN(CCC)CC(C#N)(NCC)c1ccccc1. The highest BCUT2D eigenvalue weighted by molar-refractivity contribution is 5.32. The van der Waals surface area contributed by atoms with Gasteiger partial charge in [0.05, 0.1) is 6.07 Å². The van der Waals surface area contributed by atoms with Gasteiger partial charge in [0, 0.05) is 6.54 Å². The summed E-state index contributed by atoms with van der Waals surface area (Å²) in [6, 6.07) is 12.6. The quantitative estimate of drug-likeness (QED) is 0.751. The van der Waals surface area contributed by atoms with Crippen molar-refractivity contribution < 1.29 is 0 Å². The molecule has 0 aliphatic rings. The van der Waals surface area contributed by atoms with Crippen LogP contribution in [0.15, 0.2) is 30.3 Å². The molecule has 110 valence electrons. The third-order valence-electron chi connectivity index (χ3n) is 3.48. The second-order valence-electron chi connectivity index (χ2n) is 5.19. The molecular weight excluding hydrogens is 246 g/mol. The van der Waals surface area contributed by atoms with Gasteiger partial charge >= 0.3 is 0 Å². The monoisotopic (exact) mass is 273 g/mol. The molecule has 0 aromatic heterocycles. The van der Waals surface area contributed by atoms with E-state index in [4.69, 9.17) is 0 Å². The Balaban J connectivity index is 3.02. The number of nitrogens with zero attached hydrogens (tertiary/aromatic N) is 2. The van der Waals surface area contributed by atoms with Crippen LogP contribution >= 0.6 is 0 Å². The lowest BCUT2D eigenvalue weighted by atomic mass is 9.90. The van der Waals surface area contributed by atoms with E-state index in [1.54, 1.807) is 0 Å². The van der Waals surface area contributed by atoms with Crippen LogP contribution in [0.1, 0.15) is 39.2 Å². The molecule has 1 unspecified atom stereocenters. The maximum atomic E-state index is 9.81. The van der Waals surface area contributed by atoms with Gasteiger partial charge in [-0.1, -0.05) is 51.1 Å². The molecule has 3 nitrogen and oxygen atoms in total. The van der Waals surface area contributed by atoms with E-state index >= 15 is 0 Å². The molecule has 0 fully saturated rings. The van der Waals surface area contributed by atoms with E-state index in [1.807, 2.05) is 30.3 Å². The number of nitrogens with one attached hydrogen (secondary N) is 1. The Morgan fingerprint density at radius 3 is 2.15 bits per heavy atom. The molecule has 1 aromatic rings. The number of benzene rings is 1. The molecule has 0 saturated carbocycles.